The molecule has 3 rings (SSSR count). The molecular formula is C19H28IN5S. The highest BCUT2D eigenvalue weighted by atomic mass is 127. The molecule has 1 saturated heterocycles. The Morgan fingerprint density at radius 1 is 1.27 bits per heavy atom. The zero-order valence-corrected chi connectivity index (χ0v) is 18.4. The van der Waals surface area contributed by atoms with Crippen LogP contribution in [0.2, 0.25) is 0 Å². The van der Waals surface area contributed by atoms with Crippen molar-refractivity contribution in [2.24, 2.45) is 4.99 Å². The number of nitrogens with one attached hydrogen (secondary N) is 2. The van der Waals surface area contributed by atoms with Gasteiger partial charge >= 0.3 is 0 Å². The Morgan fingerprint density at radius 2 is 2.12 bits per heavy atom. The molecule has 1 fully saturated rings. The van der Waals surface area contributed by atoms with Crippen LogP contribution in [0.25, 0.3) is 0 Å². The molecule has 26 heavy (non-hydrogen) atoms. The Kier molecular flexibility index (Phi) is 9.35. The molecular weight excluding hydrogens is 457 g/mol. The molecule has 0 aromatic carbocycles. The molecule has 2 aromatic heterocycles. The third-order valence-electron chi connectivity index (χ3n) is 4.57. The van der Waals surface area contributed by atoms with Gasteiger partial charge in [-0.05, 0) is 55.4 Å². The summed E-state index contributed by atoms with van der Waals surface area (Å²) in [5.74, 6) is 0.865. The van der Waals surface area contributed by atoms with Crippen LogP contribution in [0, 0.1) is 0 Å². The summed E-state index contributed by atoms with van der Waals surface area (Å²) in [4.78, 5) is 12.5. The van der Waals surface area contributed by atoms with E-state index in [0.29, 0.717) is 6.04 Å². The van der Waals surface area contributed by atoms with Crippen LogP contribution < -0.4 is 10.6 Å². The number of aromatic nitrogens is 1. The highest BCUT2D eigenvalue weighted by Gasteiger charge is 2.24. The minimum absolute atomic E-state index is 0. The monoisotopic (exact) mass is 485 g/mol. The van der Waals surface area contributed by atoms with Crippen LogP contribution in [0.1, 0.15) is 29.3 Å². The second kappa shape index (κ2) is 11.5. The van der Waals surface area contributed by atoms with E-state index < -0.39 is 0 Å². The Hall–Kier alpha value is -1.19. The lowest BCUT2D eigenvalue weighted by Gasteiger charge is -2.27. The number of likely N-dealkylation sites (tertiary alicyclic amines) is 1. The normalized spacial score (nSPS) is 16.1. The summed E-state index contributed by atoms with van der Waals surface area (Å²) in [5.41, 5.74) is 1.24. The van der Waals surface area contributed by atoms with Gasteiger partial charge in [0.2, 0.25) is 0 Å². The van der Waals surface area contributed by atoms with E-state index in [4.69, 9.17) is 0 Å². The summed E-state index contributed by atoms with van der Waals surface area (Å²) in [5, 5.41) is 9.08. The van der Waals surface area contributed by atoms with Gasteiger partial charge in [0.25, 0.3) is 0 Å². The van der Waals surface area contributed by atoms with Gasteiger partial charge < -0.3 is 10.6 Å². The molecule has 1 aliphatic heterocycles. The van der Waals surface area contributed by atoms with Crippen LogP contribution >= 0.6 is 35.3 Å². The molecule has 1 aliphatic rings. The molecule has 0 saturated carbocycles. The summed E-state index contributed by atoms with van der Waals surface area (Å²) in [7, 11) is 1.83. The molecule has 0 bridgehead atoms. The minimum Gasteiger partial charge on any atom is -0.356 e. The van der Waals surface area contributed by atoms with E-state index in [1.165, 1.54) is 36.4 Å². The molecule has 0 spiro atoms. The molecule has 3 heterocycles. The van der Waals surface area contributed by atoms with Crippen molar-refractivity contribution in [1.29, 1.82) is 0 Å². The van der Waals surface area contributed by atoms with Crippen LogP contribution in [0.3, 0.4) is 0 Å². The molecule has 2 aromatic rings. The van der Waals surface area contributed by atoms with Gasteiger partial charge in [0.05, 0.1) is 6.04 Å². The van der Waals surface area contributed by atoms with Crippen LogP contribution in [0.5, 0.6) is 0 Å². The van der Waals surface area contributed by atoms with Crippen molar-refractivity contribution in [3.63, 3.8) is 0 Å². The highest BCUT2D eigenvalue weighted by molar-refractivity contribution is 14.0. The zero-order valence-electron chi connectivity index (χ0n) is 15.2. The van der Waals surface area contributed by atoms with Gasteiger partial charge in [0, 0.05) is 37.4 Å². The minimum atomic E-state index is 0. The van der Waals surface area contributed by atoms with Gasteiger partial charge in [0.15, 0.2) is 5.96 Å². The Bertz CT molecular complexity index is 641. The third-order valence-corrected chi connectivity index (χ3v) is 5.54. The lowest BCUT2D eigenvalue weighted by atomic mass is 10.2. The Labute approximate surface area is 177 Å². The van der Waals surface area contributed by atoms with Gasteiger partial charge in [-0.1, -0.05) is 12.1 Å². The number of thiophene rings is 1. The average molecular weight is 485 g/mol. The highest BCUT2D eigenvalue weighted by Crippen LogP contribution is 2.27. The topological polar surface area (TPSA) is 52.6 Å². The summed E-state index contributed by atoms with van der Waals surface area (Å²) in [6, 6.07) is 8.90. The second-order valence-corrected chi connectivity index (χ2v) is 7.24. The van der Waals surface area contributed by atoms with E-state index in [2.05, 4.69) is 49.1 Å². The van der Waals surface area contributed by atoms with Crippen molar-refractivity contribution in [2.45, 2.75) is 25.3 Å². The zero-order chi connectivity index (χ0) is 17.3. The number of nitrogens with zero attached hydrogens (tertiary/aromatic N) is 3. The molecule has 5 nitrogen and oxygen atoms in total. The van der Waals surface area contributed by atoms with E-state index in [0.717, 1.165) is 25.5 Å². The van der Waals surface area contributed by atoms with Crippen molar-refractivity contribution in [3.8, 4) is 0 Å². The molecule has 0 radical (unpaired) electrons. The van der Waals surface area contributed by atoms with Gasteiger partial charge in [-0.15, -0.1) is 35.3 Å². The summed E-state index contributed by atoms with van der Waals surface area (Å²) in [6.07, 6.45) is 7.27. The molecule has 7 heteroatoms. The van der Waals surface area contributed by atoms with Crippen LogP contribution in [-0.4, -0.2) is 49.1 Å². The number of halogens is 1. The maximum Gasteiger partial charge on any atom is 0.191 e. The first kappa shape index (κ1) is 21.1. The molecule has 142 valence electrons. The van der Waals surface area contributed by atoms with Crippen molar-refractivity contribution < 1.29 is 0 Å². The smallest absolute Gasteiger partial charge is 0.191 e. The first-order chi connectivity index (χ1) is 12.4. The number of aliphatic imine (C=N–C) groups is 1. The van der Waals surface area contributed by atoms with Crippen molar-refractivity contribution in [2.75, 3.05) is 33.2 Å². The maximum absolute atomic E-state index is 4.36. The third kappa shape index (κ3) is 6.21. The van der Waals surface area contributed by atoms with E-state index in [9.17, 15) is 0 Å². The van der Waals surface area contributed by atoms with E-state index >= 15 is 0 Å². The van der Waals surface area contributed by atoms with E-state index in [1.54, 1.807) is 6.20 Å². The van der Waals surface area contributed by atoms with Gasteiger partial charge in [0.1, 0.15) is 0 Å². The summed E-state index contributed by atoms with van der Waals surface area (Å²) >= 11 is 1.84. The standard InChI is InChI=1S/C19H27N5S.HI/c1-20-19(22-10-8-16-6-4-9-21-14-16)23-15-17(18-7-5-13-25-18)24-11-2-3-12-24;/h4-7,9,13-14,17H,2-3,8,10-12,15H2,1H3,(H2,20,22,23);1H. The van der Waals surface area contributed by atoms with Gasteiger partial charge in [-0.2, -0.15) is 0 Å². The van der Waals surface area contributed by atoms with Crippen LogP contribution in [0.4, 0.5) is 0 Å². The number of hydrogen-bond donors (Lipinski definition) is 2. The predicted molar refractivity (Wildman–Crippen MR) is 121 cm³/mol. The van der Waals surface area contributed by atoms with E-state index in [-0.39, 0.29) is 24.0 Å². The SMILES string of the molecule is CN=C(NCCc1cccnc1)NCC(c1cccs1)N1CCCC1.I. The second-order valence-electron chi connectivity index (χ2n) is 6.27. The Balaban J connectivity index is 0.00000243. The molecule has 1 unspecified atom stereocenters. The van der Waals surface area contributed by atoms with Gasteiger partial charge in [-0.3, -0.25) is 14.9 Å². The number of pyridine rings is 1. The molecule has 0 aliphatic carbocycles. The Morgan fingerprint density at radius 3 is 2.77 bits per heavy atom. The molecule has 1 atom stereocenters. The molecule has 2 N–H and O–H groups in total. The first-order valence-electron chi connectivity index (χ1n) is 8.97. The quantitative estimate of drug-likeness (QED) is 0.359. The van der Waals surface area contributed by atoms with Crippen LogP contribution in [0.15, 0.2) is 47.0 Å². The fourth-order valence-corrected chi connectivity index (χ4v) is 4.09. The predicted octanol–water partition coefficient (Wildman–Crippen LogP) is 3.31. The van der Waals surface area contributed by atoms with Gasteiger partial charge in [-0.25, -0.2) is 0 Å². The summed E-state index contributed by atoms with van der Waals surface area (Å²) < 4.78 is 0. The van der Waals surface area contributed by atoms with Crippen molar-refractivity contribution >= 4 is 41.3 Å². The largest absolute Gasteiger partial charge is 0.356 e. The average Bonchev–Trinajstić information content (AvgIpc) is 3.36. The lowest BCUT2D eigenvalue weighted by Crippen LogP contribution is -2.43. The van der Waals surface area contributed by atoms with E-state index in [1.807, 2.05) is 30.6 Å². The van der Waals surface area contributed by atoms with Crippen molar-refractivity contribution in [1.82, 2.24) is 20.5 Å². The lowest BCUT2D eigenvalue weighted by molar-refractivity contribution is 0.249. The van der Waals surface area contributed by atoms with Crippen LogP contribution in [-0.2, 0) is 6.42 Å². The number of hydrogen-bond acceptors (Lipinski definition) is 4. The molecule has 0 amide bonds. The number of guanidine groups is 1. The fourth-order valence-electron chi connectivity index (χ4n) is 3.23. The maximum atomic E-state index is 4.36. The number of rotatable bonds is 7. The first-order valence-corrected chi connectivity index (χ1v) is 9.85. The fraction of sp³-hybridized carbons (Fsp3) is 0.474. The summed E-state index contributed by atoms with van der Waals surface area (Å²) in [6.45, 7) is 4.11. The van der Waals surface area contributed by atoms with Crippen molar-refractivity contribution in [3.05, 3.63) is 52.5 Å².